The summed E-state index contributed by atoms with van der Waals surface area (Å²) >= 11 is 7.83. The quantitative estimate of drug-likeness (QED) is 0.169. The highest BCUT2D eigenvalue weighted by atomic mass is 35.5. The number of hydrogen-bond donors (Lipinski definition) is 3. The van der Waals surface area contributed by atoms with Crippen LogP contribution in [0.3, 0.4) is 0 Å². The molecule has 2 aromatic heterocycles. The Kier molecular flexibility index (Phi) is 8.75. The second-order valence-electron chi connectivity index (χ2n) is 11.7. The van der Waals surface area contributed by atoms with E-state index in [1.54, 1.807) is 48.0 Å². The normalized spacial score (nSPS) is 18.7. The first-order valence-electron chi connectivity index (χ1n) is 14.7. The van der Waals surface area contributed by atoms with Gasteiger partial charge in [-0.2, -0.15) is 13.9 Å². The van der Waals surface area contributed by atoms with Gasteiger partial charge in [0.15, 0.2) is 5.96 Å². The van der Waals surface area contributed by atoms with Crippen molar-refractivity contribution in [3.8, 4) is 21.7 Å². The molecule has 11 nitrogen and oxygen atoms in total. The van der Waals surface area contributed by atoms with E-state index in [4.69, 9.17) is 21.7 Å². The van der Waals surface area contributed by atoms with E-state index in [2.05, 4.69) is 25.9 Å². The number of alkyl carbamates (subject to hydrolysis) is 1. The summed E-state index contributed by atoms with van der Waals surface area (Å²) in [7, 11) is 0. The lowest BCUT2D eigenvalue weighted by Crippen LogP contribution is -2.45. The van der Waals surface area contributed by atoms with Crippen LogP contribution in [0.15, 0.2) is 60.4 Å². The van der Waals surface area contributed by atoms with Gasteiger partial charge in [-0.15, -0.1) is 10.2 Å². The van der Waals surface area contributed by atoms with E-state index in [1.165, 1.54) is 28.6 Å². The van der Waals surface area contributed by atoms with Gasteiger partial charge in [0.2, 0.25) is 0 Å². The summed E-state index contributed by atoms with van der Waals surface area (Å²) in [4.78, 5) is 28.6. The molecule has 1 saturated carbocycles. The summed E-state index contributed by atoms with van der Waals surface area (Å²) in [6.07, 6.45) is 4.12. The van der Waals surface area contributed by atoms with Crippen LogP contribution in [0.5, 0.6) is 0 Å². The molecule has 2 atom stereocenters. The molecule has 2 aliphatic rings. The largest absolute Gasteiger partial charge is 0.447 e. The van der Waals surface area contributed by atoms with E-state index < -0.39 is 30.1 Å². The smallest absolute Gasteiger partial charge is 0.407 e. The van der Waals surface area contributed by atoms with Gasteiger partial charge in [0.1, 0.15) is 22.7 Å². The third kappa shape index (κ3) is 6.31. The first kappa shape index (κ1) is 31.5. The zero-order chi connectivity index (χ0) is 32.6. The van der Waals surface area contributed by atoms with Gasteiger partial charge in [0.25, 0.3) is 5.91 Å². The van der Waals surface area contributed by atoms with E-state index in [-0.39, 0.29) is 24.5 Å². The molecule has 0 radical (unpaired) electrons. The molecule has 1 aliphatic heterocycles. The maximum atomic E-state index is 14.7. The SMILES string of the molecule is CC(C)C[C@]1(c2ccc(-c3cnn(C(F)F)c3)cc2)NC(=N)N([C@H](COC(=O)NC2CC2)c2ccc(Cl)c(-c3nncs3)c2)C1=O. The number of halogens is 3. The van der Waals surface area contributed by atoms with Crippen LogP contribution in [0.1, 0.15) is 56.8 Å². The molecule has 6 rings (SSSR count). The zero-order valence-corrected chi connectivity index (χ0v) is 26.5. The Morgan fingerprint density at radius 2 is 1.98 bits per heavy atom. The van der Waals surface area contributed by atoms with Crippen molar-refractivity contribution in [2.24, 2.45) is 5.92 Å². The highest BCUT2D eigenvalue weighted by Gasteiger charge is 2.53. The van der Waals surface area contributed by atoms with Gasteiger partial charge in [-0.25, -0.2) is 9.48 Å². The number of benzene rings is 2. The Morgan fingerprint density at radius 3 is 2.61 bits per heavy atom. The molecule has 1 saturated heterocycles. The van der Waals surface area contributed by atoms with Gasteiger partial charge in [0.05, 0.1) is 17.3 Å². The number of amides is 2. The highest BCUT2D eigenvalue weighted by molar-refractivity contribution is 7.12. The Hall–Kier alpha value is -4.43. The van der Waals surface area contributed by atoms with Gasteiger partial charge in [-0.05, 0) is 54.0 Å². The van der Waals surface area contributed by atoms with Crippen LogP contribution in [0.4, 0.5) is 13.6 Å². The van der Waals surface area contributed by atoms with Crippen molar-refractivity contribution in [2.45, 2.75) is 57.3 Å². The number of nitrogens with one attached hydrogen (secondary N) is 3. The van der Waals surface area contributed by atoms with Crippen molar-refractivity contribution >= 4 is 40.9 Å². The summed E-state index contributed by atoms with van der Waals surface area (Å²) in [5, 5.41) is 27.8. The Morgan fingerprint density at radius 1 is 1.22 bits per heavy atom. The summed E-state index contributed by atoms with van der Waals surface area (Å²) in [5.41, 5.74) is 3.19. The van der Waals surface area contributed by atoms with Crippen LogP contribution in [-0.4, -0.2) is 55.5 Å². The van der Waals surface area contributed by atoms with E-state index in [0.29, 0.717) is 49.0 Å². The van der Waals surface area contributed by atoms with Crippen LogP contribution >= 0.6 is 22.9 Å². The monoisotopic (exact) mass is 668 g/mol. The van der Waals surface area contributed by atoms with Gasteiger partial charge in [-0.3, -0.25) is 15.1 Å². The molecular formula is C31H31ClF2N8O3S. The highest BCUT2D eigenvalue weighted by Crippen LogP contribution is 2.41. The number of carbonyl (C=O) groups is 2. The molecule has 2 fully saturated rings. The Bertz CT molecular complexity index is 1750. The average Bonchev–Trinajstić information content (AvgIpc) is 3.38. The summed E-state index contributed by atoms with van der Waals surface area (Å²) in [5.74, 6) is -0.517. The van der Waals surface area contributed by atoms with Crippen molar-refractivity contribution in [2.75, 3.05) is 6.61 Å². The lowest BCUT2D eigenvalue weighted by molar-refractivity contribution is -0.134. The third-order valence-electron chi connectivity index (χ3n) is 7.93. The van der Waals surface area contributed by atoms with E-state index in [9.17, 15) is 18.4 Å². The molecule has 3 heterocycles. The number of rotatable bonds is 11. The molecule has 4 aromatic rings. The molecule has 0 unspecified atom stereocenters. The van der Waals surface area contributed by atoms with Crippen LogP contribution in [0.25, 0.3) is 21.7 Å². The molecular weight excluding hydrogens is 638 g/mol. The predicted octanol–water partition coefficient (Wildman–Crippen LogP) is 6.35. The molecule has 46 heavy (non-hydrogen) atoms. The van der Waals surface area contributed by atoms with E-state index in [1.807, 2.05) is 13.8 Å². The minimum atomic E-state index is -2.76. The van der Waals surface area contributed by atoms with Crippen molar-refractivity contribution < 1.29 is 23.1 Å². The second kappa shape index (κ2) is 12.8. The Balaban J connectivity index is 1.36. The summed E-state index contributed by atoms with van der Waals surface area (Å²) in [6.45, 7) is 0.973. The number of alkyl halides is 2. The van der Waals surface area contributed by atoms with Crippen molar-refractivity contribution in [1.29, 1.82) is 5.41 Å². The van der Waals surface area contributed by atoms with Crippen molar-refractivity contribution in [3.63, 3.8) is 0 Å². The molecule has 1 aliphatic carbocycles. The maximum absolute atomic E-state index is 14.7. The van der Waals surface area contributed by atoms with Crippen molar-refractivity contribution in [3.05, 3.63) is 76.5 Å². The minimum Gasteiger partial charge on any atom is -0.447 e. The van der Waals surface area contributed by atoms with Crippen LogP contribution < -0.4 is 10.6 Å². The number of hydrogen-bond acceptors (Lipinski definition) is 8. The number of carbonyl (C=O) groups excluding carboxylic acids is 2. The molecule has 0 bridgehead atoms. The number of aromatic nitrogens is 4. The zero-order valence-electron chi connectivity index (χ0n) is 24.9. The number of ether oxygens (including phenoxy) is 1. The van der Waals surface area contributed by atoms with E-state index in [0.717, 1.165) is 12.8 Å². The lowest BCUT2D eigenvalue weighted by atomic mass is 9.81. The van der Waals surface area contributed by atoms with Crippen LogP contribution in [-0.2, 0) is 15.1 Å². The molecule has 2 amide bonds. The van der Waals surface area contributed by atoms with Crippen molar-refractivity contribution in [1.82, 2.24) is 35.5 Å². The first-order valence-corrected chi connectivity index (χ1v) is 15.9. The topological polar surface area (TPSA) is 138 Å². The number of nitrogens with zero attached hydrogens (tertiary/aromatic N) is 5. The van der Waals surface area contributed by atoms with Gasteiger partial charge < -0.3 is 15.4 Å². The summed E-state index contributed by atoms with van der Waals surface area (Å²) < 4.78 is 32.4. The van der Waals surface area contributed by atoms with Gasteiger partial charge >= 0.3 is 12.6 Å². The molecule has 240 valence electrons. The predicted molar refractivity (Wildman–Crippen MR) is 168 cm³/mol. The first-order chi connectivity index (χ1) is 22.1. The fourth-order valence-electron chi connectivity index (χ4n) is 5.64. The minimum absolute atomic E-state index is 0.0340. The van der Waals surface area contributed by atoms with Crippen LogP contribution in [0.2, 0.25) is 5.02 Å². The maximum Gasteiger partial charge on any atom is 0.407 e. The standard InChI is InChI=1S/C31H31ClF2N8O3S/c1-17(2)12-31(21-6-3-18(4-7-21)20-13-37-41(14-20)28(33)34)27(43)42(29(35)39-31)25(15-45-30(44)38-22-8-9-22)19-5-10-24(32)23(11-19)26-40-36-16-46-26/h3-7,10-11,13-14,16-17,22,25,28H,8-9,12,15H2,1-2H3,(H2,35,39)(H,38,44)/t25-,31-/m1/s1. The molecule has 3 N–H and O–H groups in total. The fraction of sp³-hybridized carbons (Fsp3) is 0.355. The Labute approximate surface area is 272 Å². The van der Waals surface area contributed by atoms with E-state index >= 15 is 0 Å². The van der Waals surface area contributed by atoms with Gasteiger partial charge in [0, 0.05) is 23.4 Å². The summed E-state index contributed by atoms with van der Waals surface area (Å²) in [6, 6.07) is 11.4. The number of guanidine groups is 1. The van der Waals surface area contributed by atoms with Gasteiger partial charge in [-0.1, -0.05) is 67.1 Å². The average molecular weight is 669 g/mol. The second-order valence-corrected chi connectivity index (χ2v) is 13.0. The molecule has 15 heteroatoms. The fourth-order valence-corrected chi connectivity index (χ4v) is 6.49. The molecule has 2 aromatic carbocycles. The molecule has 0 spiro atoms. The van der Waals surface area contributed by atoms with Crippen LogP contribution in [0, 0.1) is 11.3 Å². The third-order valence-corrected chi connectivity index (χ3v) is 8.99. The lowest BCUT2D eigenvalue weighted by Gasteiger charge is -2.31.